The molecule has 0 aliphatic carbocycles. The van der Waals surface area contributed by atoms with Crippen molar-refractivity contribution in [1.29, 1.82) is 0 Å². The number of aromatic nitrogens is 2. The molecule has 2 aromatic carbocycles. The summed E-state index contributed by atoms with van der Waals surface area (Å²) < 4.78 is 12.5. The molecule has 0 amide bonds. The maximum absolute atomic E-state index is 14.8. The molecule has 9 nitrogen and oxygen atoms in total. The Morgan fingerprint density at radius 2 is 0.979 bits per heavy atom. The lowest BCUT2D eigenvalue weighted by molar-refractivity contribution is -0.135. The number of hydrogen-bond donors (Lipinski definition) is 0. The summed E-state index contributed by atoms with van der Waals surface area (Å²) in [6, 6.07) is 26.6. The molecule has 11 heteroatoms. The predicted molar refractivity (Wildman–Crippen MR) is 191 cm³/mol. The number of piperazine rings is 2. The maximum atomic E-state index is 14.8. The monoisotopic (exact) mass is 688 g/mol. The predicted octanol–water partition coefficient (Wildman–Crippen LogP) is 5.47. The van der Waals surface area contributed by atoms with Gasteiger partial charge in [-0.2, -0.15) is 0 Å². The van der Waals surface area contributed by atoms with Gasteiger partial charge >= 0.3 is 0 Å². The van der Waals surface area contributed by atoms with Crippen molar-refractivity contribution in [2.24, 2.45) is 0 Å². The van der Waals surface area contributed by atoms with E-state index in [1.54, 1.807) is 12.4 Å². The summed E-state index contributed by atoms with van der Waals surface area (Å²) in [4.78, 5) is 32.8. The molecule has 0 bridgehead atoms. The summed E-state index contributed by atoms with van der Waals surface area (Å²) in [5, 5.41) is 1.44. The van der Waals surface area contributed by atoms with Crippen LogP contribution in [0.2, 0.25) is 10.0 Å². The zero-order chi connectivity index (χ0) is 33.1. The van der Waals surface area contributed by atoms with Crippen molar-refractivity contribution >= 4 is 40.4 Å². The number of carbonyl (C=O) groups excluding carboxylic acids is 1. The van der Waals surface area contributed by atoms with Gasteiger partial charge in [0, 0.05) is 86.2 Å². The summed E-state index contributed by atoms with van der Waals surface area (Å²) in [5.41, 5.74) is 3.94. The SMILES string of the molecule is O=C(C(COCc1ccccn1)N1CCN(c2ccc(Cl)cc2)CC1)C(COCc1ccccn1)N1CCN(c2ccc(Cl)cc2)CC1. The third kappa shape index (κ3) is 9.31. The lowest BCUT2D eigenvalue weighted by Gasteiger charge is -2.43. The standard InChI is InChI=1S/C37H42Cl2N6O3/c38-29-7-11-33(12-8-29)42-17-21-44(22-18-42)35(27-47-25-31-5-1-3-15-40-31)37(46)36(28-48-26-32-6-2-4-16-41-32)45-23-19-43(20-24-45)34-13-9-30(39)10-14-34/h1-16,35-36H,17-28H2. The molecule has 2 atom stereocenters. The van der Waals surface area contributed by atoms with Crippen LogP contribution in [0.15, 0.2) is 97.3 Å². The number of hydrogen-bond acceptors (Lipinski definition) is 9. The number of pyridine rings is 2. The Morgan fingerprint density at radius 1 is 0.583 bits per heavy atom. The van der Waals surface area contributed by atoms with Crippen molar-refractivity contribution in [2.45, 2.75) is 25.3 Å². The van der Waals surface area contributed by atoms with Gasteiger partial charge in [-0.1, -0.05) is 35.3 Å². The molecule has 2 aliphatic rings. The summed E-state index contributed by atoms with van der Waals surface area (Å²) in [6.07, 6.45) is 3.52. The van der Waals surface area contributed by atoms with Gasteiger partial charge in [0.1, 0.15) is 0 Å². The van der Waals surface area contributed by atoms with Crippen molar-refractivity contribution in [2.75, 3.05) is 75.4 Å². The highest BCUT2D eigenvalue weighted by Crippen LogP contribution is 2.23. The Kier molecular flexibility index (Phi) is 12.3. The number of ether oxygens (including phenoxy) is 2. The normalized spacial score (nSPS) is 17.3. The van der Waals surface area contributed by atoms with Crippen LogP contribution in [0.1, 0.15) is 11.4 Å². The Hall–Kier alpha value is -3.57. The number of nitrogens with zero attached hydrogens (tertiary/aromatic N) is 6. The highest BCUT2D eigenvalue weighted by atomic mass is 35.5. The fourth-order valence-electron chi connectivity index (χ4n) is 6.36. The summed E-state index contributed by atoms with van der Waals surface area (Å²) in [6.45, 7) is 7.37. The molecule has 252 valence electrons. The summed E-state index contributed by atoms with van der Waals surface area (Å²) in [7, 11) is 0. The van der Waals surface area contributed by atoms with Gasteiger partial charge in [0.2, 0.25) is 0 Å². The van der Waals surface area contributed by atoms with Gasteiger partial charge in [-0.15, -0.1) is 0 Å². The van der Waals surface area contributed by atoms with E-state index in [0.29, 0.717) is 13.2 Å². The van der Waals surface area contributed by atoms with E-state index in [1.807, 2.05) is 60.7 Å². The quantitative estimate of drug-likeness (QED) is 0.172. The van der Waals surface area contributed by atoms with E-state index in [-0.39, 0.29) is 19.0 Å². The number of anilines is 2. The molecule has 0 N–H and O–H groups in total. The minimum absolute atomic E-state index is 0.122. The fourth-order valence-corrected chi connectivity index (χ4v) is 6.61. The van der Waals surface area contributed by atoms with Gasteiger partial charge in [0.15, 0.2) is 5.78 Å². The Bertz CT molecular complexity index is 1430. The smallest absolute Gasteiger partial charge is 0.171 e. The molecule has 6 rings (SSSR count). The molecule has 48 heavy (non-hydrogen) atoms. The van der Waals surface area contributed by atoms with E-state index in [4.69, 9.17) is 32.7 Å². The molecular weight excluding hydrogens is 647 g/mol. The lowest BCUT2D eigenvalue weighted by Crippen LogP contribution is -2.61. The van der Waals surface area contributed by atoms with Crippen molar-refractivity contribution in [3.05, 3.63) is 119 Å². The second kappa shape index (κ2) is 17.2. The van der Waals surface area contributed by atoms with Crippen molar-refractivity contribution in [3.8, 4) is 0 Å². The molecule has 0 radical (unpaired) electrons. The van der Waals surface area contributed by atoms with Crippen LogP contribution in [0.4, 0.5) is 11.4 Å². The molecule has 2 unspecified atom stereocenters. The van der Waals surface area contributed by atoms with Crippen LogP contribution in [0.3, 0.4) is 0 Å². The van der Waals surface area contributed by atoms with Crippen LogP contribution in [0.25, 0.3) is 0 Å². The first kappa shape index (κ1) is 34.3. The second-order valence-electron chi connectivity index (χ2n) is 12.1. The van der Waals surface area contributed by atoms with Crippen LogP contribution in [0, 0.1) is 0 Å². The summed E-state index contributed by atoms with van der Waals surface area (Å²) >= 11 is 12.3. The molecule has 4 aromatic rings. The van der Waals surface area contributed by atoms with Gasteiger partial charge in [0.25, 0.3) is 0 Å². The minimum Gasteiger partial charge on any atom is -0.373 e. The van der Waals surface area contributed by atoms with Gasteiger partial charge < -0.3 is 19.3 Å². The van der Waals surface area contributed by atoms with E-state index in [9.17, 15) is 4.79 Å². The number of rotatable bonds is 14. The van der Waals surface area contributed by atoms with E-state index in [1.165, 1.54) is 0 Å². The zero-order valence-corrected chi connectivity index (χ0v) is 28.6. The highest BCUT2D eigenvalue weighted by molar-refractivity contribution is 6.30. The number of ketones is 1. The third-order valence-corrected chi connectivity index (χ3v) is 9.56. The number of benzene rings is 2. The first-order valence-electron chi connectivity index (χ1n) is 16.5. The molecular formula is C37H42Cl2N6O3. The van der Waals surface area contributed by atoms with Crippen molar-refractivity contribution in [3.63, 3.8) is 0 Å². The molecule has 2 fully saturated rings. The van der Waals surface area contributed by atoms with E-state index < -0.39 is 12.1 Å². The third-order valence-electron chi connectivity index (χ3n) is 9.05. The first-order chi connectivity index (χ1) is 23.5. The van der Waals surface area contributed by atoms with Gasteiger partial charge in [0.05, 0.1) is 49.9 Å². The Morgan fingerprint density at radius 3 is 1.33 bits per heavy atom. The molecule has 2 aromatic heterocycles. The molecule has 0 spiro atoms. The molecule has 2 aliphatic heterocycles. The number of Topliss-reactive ketones (excluding diaryl/α,β-unsaturated/α-hetero) is 1. The van der Waals surface area contributed by atoms with Crippen LogP contribution in [0.5, 0.6) is 0 Å². The minimum atomic E-state index is -0.432. The van der Waals surface area contributed by atoms with E-state index in [0.717, 1.165) is 85.2 Å². The molecule has 0 saturated carbocycles. The zero-order valence-electron chi connectivity index (χ0n) is 27.0. The number of halogens is 2. The van der Waals surface area contributed by atoms with Gasteiger partial charge in [-0.3, -0.25) is 24.6 Å². The lowest BCUT2D eigenvalue weighted by atomic mass is 10.0. The first-order valence-corrected chi connectivity index (χ1v) is 17.3. The van der Waals surface area contributed by atoms with Crippen molar-refractivity contribution in [1.82, 2.24) is 19.8 Å². The van der Waals surface area contributed by atoms with Crippen molar-refractivity contribution < 1.29 is 14.3 Å². The number of carbonyl (C=O) groups is 1. The highest BCUT2D eigenvalue weighted by Gasteiger charge is 2.38. The van der Waals surface area contributed by atoms with E-state index in [2.05, 4.69) is 53.8 Å². The molecule has 4 heterocycles. The summed E-state index contributed by atoms with van der Waals surface area (Å²) in [5.74, 6) is 0.122. The Balaban J connectivity index is 1.17. The van der Waals surface area contributed by atoms with Gasteiger partial charge in [-0.05, 0) is 72.8 Å². The Labute approximate surface area is 293 Å². The maximum Gasteiger partial charge on any atom is 0.171 e. The average molecular weight is 690 g/mol. The van der Waals surface area contributed by atoms with Crippen LogP contribution < -0.4 is 9.80 Å². The van der Waals surface area contributed by atoms with E-state index >= 15 is 0 Å². The van der Waals surface area contributed by atoms with Gasteiger partial charge in [-0.25, -0.2) is 0 Å². The topological polar surface area (TPSA) is 74.3 Å². The average Bonchev–Trinajstić information content (AvgIpc) is 3.14. The molecule has 2 saturated heterocycles. The van der Waals surface area contributed by atoms with Crippen LogP contribution in [-0.2, 0) is 27.5 Å². The fraction of sp³-hybridized carbons (Fsp3) is 0.378. The van der Waals surface area contributed by atoms with Crippen LogP contribution in [-0.4, -0.2) is 103 Å². The second-order valence-corrected chi connectivity index (χ2v) is 13.0. The van der Waals surface area contributed by atoms with Crippen LogP contribution >= 0.6 is 23.2 Å². The largest absolute Gasteiger partial charge is 0.373 e.